The first-order chi connectivity index (χ1) is 43.2. The van der Waals surface area contributed by atoms with E-state index in [0.717, 1.165) is 113 Å². The van der Waals surface area contributed by atoms with Crippen molar-refractivity contribution >= 4 is 53.0 Å². The van der Waals surface area contributed by atoms with Gasteiger partial charge in [-0.05, 0) is 126 Å². The minimum absolute atomic E-state index is 0.0155. The Kier molecular flexibility index (Phi) is 20.7. The van der Waals surface area contributed by atoms with Gasteiger partial charge in [-0.25, -0.2) is 26.3 Å². The molecule has 0 fully saturated rings. The first kappa shape index (κ1) is 69.2. The third-order valence-corrected chi connectivity index (χ3v) is 20.4. The molecule has 1 aliphatic rings. The molecule has 8 aromatic carbocycles. The van der Waals surface area contributed by atoms with Crippen molar-refractivity contribution in [1.82, 2.24) is 9.44 Å². The summed E-state index contributed by atoms with van der Waals surface area (Å²) >= 11 is 0. The molecule has 0 spiro atoms. The van der Waals surface area contributed by atoms with Gasteiger partial charge < -0.3 is 28.7 Å². The predicted molar refractivity (Wildman–Crippen MR) is 381 cm³/mol. The van der Waals surface area contributed by atoms with E-state index in [1.54, 1.807) is 24.3 Å². The Labute approximate surface area is 550 Å². The van der Waals surface area contributed by atoms with E-state index in [4.69, 9.17) is 18.9 Å². The molecule has 12 nitrogen and oxygen atoms in total. The van der Waals surface area contributed by atoms with Gasteiger partial charge in [0.25, 0.3) is 0 Å². The molecule has 14 heteroatoms. The van der Waals surface area contributed by atoms with Crippen LogP contribution in [0.15, 0.2) is 131 Å². The maximum absolute atomic E-state index is 14.5. The molecule has 8 aromatic rings. The Morgan fingerprint density at radius 3 is 0.837 bits per heavy atom. The van der Waals surface area contributed by atoms with Gasteiger partial charge >= 0.3 is 0 Å². The van der Waals surface area contributed by atoms with Gasteiger partial charge in [-0.3, -0.25) is 0 Å². The zero-order valence-electron chi connectivity index (χ0n) is 58.0. The zero-order chi connectivity index (χ0) is 66.9. The van der Waals surface area contributed by atoms with Crippen LogP contribution in [0, 0.1) is 0 Å². The van der Waals surface area contributed by atoms with E-state index in [1.807, 2.05) is 86.5 Å². The molecule has 0 atom stereocenters. The van der Waals surface area contributed by atoms with E-state index < -0.39 is 20.0 Å². The van der Waals surface area contributed by atoms with E-state index in [1.165, 1.54) is 0 Å². The summed E-state index contributed by atoms with van der Waals surface area (Å²) in [7, 11) is -0.156. The molecule has 0 amide bonds. The van der Waals surface area contributed by atoms with Gasteiger partial charge in [-0.15, -0.1) is 0 Å². The van der Waals surface area contributed by atoms with Gasteiger partial charge in [0.1, 0.15) is 36.2 Å². The van der Waals surface area contributed by atoms with Crippen LogP contribution in [-0.4, -0.2) is 84.5 Å². The minimum Gasteiger partial charge on any atom is -0.493 e. The molecular weight excluding hydrogens is 1190 g/mol. The van der Waals surface area contributed by atoms with Crippen LogP contribution in [0.5, 0.6) is 23.0 Å². The standard InChI is InChI=1S/C78H100N4O8S2/c1-19-35-87-71-51-39-55-47-61(77(9,10)11)49-57(73(55)89-37-33-79-91(83,84)69-31-23-25-63-65(69)27-21-29-67(63)81(15)16)41-53-45-60(76(6,7)8)46-54(72(53)88-36-20-2)42-58-50-62(78(12,13)14)48-56(40-52(71)44-59(43-51)75(3,4)5)74(58)90-38-34-80-92(85,86)70-32-24-26-64-66(70)28-22-30-68(64)82(17)18/h21-32,43-50,79-80H,19-20,33-42H2,1-18H3. The Bertz CT molecular complexity index is 3870. The maximum atomic E-state index is 14.5. The number of benzene rings is 8. The fourth-order valence-electron chi connectivity index (χ4n) is 12.4. The number of hydrogen-bond acceptors (Lipinski definition) is 10. The highest BCUT2D eigenvalue weighted by atomic mass is 32.2. The Morgan fingerprint density at radius 1 is 0.359 bits per heavy atom. The van der Waals surface area contributed by atoms with Gasteiger partial charge in [-0.2, -0.15) is 0 Å². The zero-order valence-corrected chi connectivity index (χ0v) is 59.6. The largest absolute Gasteiger partial charge is 0.493 e. The van der Waals surface area contributed by atoms with Crippen LogP contribution in [0.1, 0.15) is 177 Å². The van der Waals surface area contributed by atoms with E-state index in [9.17, 15) is 16.8 Å². The van der Waals surface area contributed by atoms with Crippen molar-refractivity contribution < 1.29 is 35.8 Å². The lowest BCUT2D eigenvalue weighted by atomic mass is 9.79. The number of sulfonamides is 2. The molecule has 9 rings (SSSR count). The van der Waals surface area contributed by atoms with Crippen molar-refractivity contribution in [1.29, 1.82) is 0 Å². The summed E-state index contributed by atoms with van der Waals surface area (Å²) in [5, 5.41) is 3.00. The molecule has 0 unspecified atom stereocenters. The predicted octanol–water partition coefficient (Wildman–Crippen LogP) is 16.3. The van der Waals surface area contributed by atoms with Crippen LogP contribution in [0.2, 0.25) is 0 Å². The number of rotatable bonds is 20. The summed E-state index contributed by atoms with van der Waals surface area (Å²) in [5.41, 5.74) is 13.1. The number of fused-ring (bicyclic) bond motifs is 10. The normalized spacial score (nSPS) is 13.3. The van der Waals surface area contributed by atoms with Crippen LogP contribution < -0.4 is 38.2 Å². The quantitative estimate of drug-likeness (QED) is 0.0710. The second-order valence-corrected chi connectivity index (χ2v) is 32.9. The first-order valence-corrected chi connectivity index (χ1v) is 35.7. The second kappa shape index (κ2) is 27.5. The van der Waals surface area contributed by atoms with E-state index in [2.05, 4.69) is 155 Å². The summed E-state index contributed by atoms with van der Waals surface area (Å²) in [6.45, 7) is 32.3. The second-order valence-electron chi connectivity index (χ2n) is 29.4. The molecule has 0 saturated carbocycles. The lowest BCUT2D eigenvalue weighted by Gasteiger charge is -2.29. The number of hydrogen-bond donors (Lipinski definition) is 2. The van der Waals surface area contributed by atoms with E-state index >= 15 is 0 Å². The molecule has 0 saturated heterocycles. The number of nitrogens with zero attached hydrogens (tertiary/aromatic N) is 2. The highest BCUT2D eigenvalue weighted by Gasteiger charge is 2.31. The average Bonchev–Trinajstić information content (AvgIpc) is 0.856. The van der Waals surface area contributed by atoms with Gasteiger partial charge in [0, 0.05) is 99.9 Å². The van der Waals surface area contributed by atoms with Crippen molar-refractivity contribution in [2.75, 3.05) is 77.5 Å². The van der Waals surface area contributed by atoms with Crippen LogP contribution >= 0.6 is 0 Å². The fraction of sp³-hybridized carbons (Fsp3) is 0.436. The van der Waals surface area contributed by atoms with Crippen molar-refractivity contribution in [2.45, 2.75) is 167 Å². The number of nitrogens with one attached hydrogen (secondary N) is 2. The Hall–Kier alpha value is -7.10. The molecular formula is C78H100N4O8S2. The van der Waals surface area contributed by atoms with Gasteiger partial charge in [0.2, 0.25) is 20.0 Å². The number of ether oxygens (including phenoxy) is 4. The lowest BCUT2D eigenvalue weighted by molar-refractivity contribution is 0.306. The third kappa shape index (κ3) is 15.6. The van der Waals surface area contributed by atoms with Crippen LogP contribution in [0.4, 0.5) is 11.4 Å². The van der Waals surface area contributed by atoms with Crippen LogP contribution in [0.3, 0.4) is 0 Å². The Morgan fingerprint density at radius 2 is 0.598 bits per heavy atom. The third-order valence-electron chi connectivity index (χ3n) is 17.4. The van der Waals surface area contributed by atoms with Crippen LogP contribution in [-0.2, 0) is 67.4 Å². The molecule has 492 valence electrons. The number of anilines is 2. The summed E-state index contributed by atoms with van der Waals surface area (Å²) in [6.07, 6.45) is 3.32. The Balaban J connectivity index is 1.23. The van der Waals surface area contributed by atoms with Gasteiger partial charge in [-0.1, -0.05) is 194 Å². The molecule has 1 aliphatic carbocycles. The molecule has 0 aliphatic heterocycles. The highest BCUT2D eigenvalue weighted by molar-refractivity contribution is 7.90. The van der Waals surface area contributed by atoms with Crippen molar-refractivity contribution in [3.63, 3.8) is 0 Å². The summed E-state index contributed by atoms with van der Waals surface area (Å²) in [4.78, 5) is 4.41. The maximum Gasteiger partial charge on any atom is 0.241 e. The SMILES string of the molecule is CCCOc1c2cc(C(C)(C)C)cc1Cc1cc(C(C)(C)C)cc(c1OCCNS(=O)(=O)c1cccc3c(N(C)C)cccc13)Cc1cc(C(C)(C)C)cc(c1OCCC)Cc1cc(C(C)(C)C)cc(c1OCCNS(=O)(=O)c1cccc3c(N(C)C)cccc13)C2. The molecule has 92 heavy (non-hydrogen) atoms. The monoisotopic (exact) mass is 1280 g/mol. The average molecular weight is 1290 g/mol. The molecule has 2 N–H and O–H groups in total. The molecule has 8 bridgehead atoms. The van der Waals surface area contributed by atoms with Crippen LogP contribution in [0.25, 0.3) is 21.5 Å². The van der Waals surface area contributed by atoms with Gasteiger partial charge in [0.15, 0.2) is 0 Å². The summed E-state index contributed by atoms with van der Waals surface area (Å²) < 4.78 is 92.2. The van der Waals surface area contributed by atoms with Crippen molar-refractivity contribution in [3.05, 3.63) is 188 Å². The lowest BCUT2D eigenvalue weighted by Crippen LogP contribution is -2.29. The summed E-state index contributed by atoms with van der Waals surface area (Å²) in [6, 6.07) is 40.7. The fourth-order valence-corrected chi connectivity index (χ4v) is 14.8. The molecule has 0 radical (unpaired) electrons. The molecule has 0 heterocycles. The van der Waals surface area contributed by atoms with Crippen molar-refractivity contribution in [3.8, 4) is 23.0 Å². The molecule has 0 aromatic heterocycles. The topological polar surface area (TPSA) is 136 Å². The van der Waals surface area contributed by atoms with Gasteiger partial charge in [0.05, 0.1) is 23.0 Å². The highest BCUT2D eigenvalue weighted by Crippen LogP contribution is 2.45. The summed E-state index contributed by atoms with van der Waals surface area (Å²) in [5.74, 6) is 2.99. The van der Waals surface area contributed by atoms with Crippen molar-refractivity contribution in [2.24, 2.45) is 0 Å². The smallest absolute Gasteiger partial charge is 0.241 e. The van der Waals surface area contributed by atoms with E-state index in [-0.39, 0.29) is 57.8 Å². The van der Waals surface area contributed by atoms with E-state index in [0.29, 0.717) is 61.2 Å². The minimum atomic E-state index is -3.99. The first-order valence-electron chi connectivity index (χ1n) is 32.7.